The molecule has 1 saturated heterocycles. The van der Waals surface area contributed by atoms with Gasteiger partial charge in [-0.15, -0.1) is 24.0 Å². The number of rotatable bonds is 8. The van der Waals surface area contributed by atoms with Crippen LogP contribution in [0.1, 0.15) is 25.3 Å². The molecule has 0 bridgehead atoms. The highest BCUT2D eigenvalue weighted by Crippen LogP contribution is 2.22. The number of likely N-dealkylation sites (N-methyl/N-ethyl adjacent to an activating group) is 2. The summed E-state index contributed by atoms with van der Waals surface area (Å²) in [5.74, 6) is 0.665. The van der Waals surface area contributed by atoms with Crippen molar-refractivity contribution in [1.29, 1.82) is 0 Å². The monoisotopic (exact) mass is 553 g/mol. The van der Waals surface area contributed by atoms with Crippen molar-refractivity contribution >= 4 is 35.8 Å². The molecule has 0 saturated carbocycles. The lowest BCUT2D eigenvalue weighted by Gasteiger charge is -2.24. The van der Waals surface area contributed by atoms with Gasteiger partial charge in [-0.2, -0.15) is 5.10 Å². The highest BCUT2D eigenvalue weighted by Gasteiger charge is 2.23. The van der Waals surface area contributed by atoms with Gasteiger partial charge in [0.2, 0.25) is 5.91 Å². The van der Waals surface area contributed by atoms with Crippen molar-refractivity contribution in [3.05, 3.63) is 42.1 Å². The standard InChI is InChI=1S/C23H35N7O.HI/c1-5-30-13-9-12-20(30)15-25-23(26-16-21(31)28(2)3)24-14-19-17-29(4)27-22(19)18-10-7-6-8-11-18;/h6-8,10-11,17,20H,5,9,12-16H2,1-4H3,(H2,24,25,26);1H. The highest BCUT2D eigenvalue weighted by atomic mass is 127. The lowest BCUT2D eigenvalue weighted by Crippen LogP contribution is -2.47. The van der Waals surface area contributed by atoms with Gasteiger partial charge in [-0.3, -0.25) is 14.4 Å². The molecule has 3 rings (SSSR count). The number of likely N-dealkylation sites (tertiary alicyclic amines) is 1. The van der Waals surface area contributed by atoms with Gasteiger partial charge in [0.25, 0.3) is 0 Å². The van der Waals surface area contributed by atoms with Crippen molar-refractivity contribution in [2.45, 2.75) is 32.4 Å². The van der Waals surface area contributed by atoms with Crippen LogP contribution < -0.4 is 10.6 Å². The van der Waals surface area contributed by atoms with Gasteiger partial charge in [0, 0.05) is 51.1 Å². The summed E-state index contributed by atoms with van der Waals surface area (Å²) in [6, 6.07) is 10.6. The number of hydrogen-bond acceptors (Lipinski definition) is 4. The quantitative estimate of drug-likeness (QED) is 0.298. The Hall–Kier alpha value is -2.14. The van der Waals surface area contributed by atoms with Crippen LogP contribution in [-0.2, 0) is 18.4 Å². The largest absolute Gasteiger partial charge is 0.355 e. The smallest absolute Gasteiger partial charge is 0.241 e. The molecule has 176 valence electrons. The lowest BCUT2D eigenvalue weighted by atomic mass is 10.1. The SMILES string of the molecule is CCN1CCCC1CNC(=NCc1cn(C)nc1-c1ccccc1)NCC(=O)N(C)C.I. The first kappa shape index (κ1) is 26.1. The predicted molar refractivity (Wildman–Crippen MR) is 140 cm³/mol. The van der Waals surface area contributed by atoms with Crippen LogP contribution in [0, 0.1) is 0 Å². The van der Waals surface area contributed by atoms with Gasteiger partial charge in [-0.05, 0) is 25.9 Å². The predicted octanol–water partition coefficient (Wildman–Crippen LogP) is 2.31. The maximum absolute atomic E-state index is 12.1. The van der Waals surface area contributed by atoms with E-state index in [1.165, 1.54) is 12.8 Å². The molecule has 2 heterocycles. The second-order valence-corrected chi connectivity index (χ2v) is 8.15. The van der Waals surface area contributed by atoms with Crippen molar-refractivity contribution in [1.82, 2.24) is 30.2 Å². The third-order valence-corrected chi connectivity index (χ3v) is 5.68. The second-order valence-electron chi connectivity index (χ2n) is 8.15. The molecule has 1 aliphatic heterocycles. The molecule has 2 N–H and O–H groups in total. The number of halogens is 1. The minimum atomic E-state index is 0. The average Bonchev–Trinajstić information content (AvgIpc) is 3.39. The summed E-state index contributed by atoms with van der Waals surface area (Å²) in [4.78, 5) is 20.9. The Balaban J connectivity index is 0.00000363. The summed E-state index contributed by atoms with van der Waals surface area (Å²) in [6.45, 7) is 5.91. The van der Waals surface area contributed by atoms with Crippen LogP contribution in [0.2, 0.25) is 0 Å². The fourth-order valence-electron chi connectivity index (χ4n) is 3.91. The molecule has 1 aromatic carbocycles. The minimum Gasteiger partial charge on any atom is -0.355 e. The van der Waals surface area contributed by atoms with Crippen LogP contribution in [0.25, 0.3) is 11.3 Å². The summed E-state index contributed by atoms with van der Waals surface area (Å²) in [5, 5.41) is 11.3. The summed E-state index contributed by atoms with van der Waals surface area (Å²) in [6.07, 6.45) is 4.42. The van der Waals surface area contributed by atoms with Crippen LogP contribution >= 0.6 is 24.0 Å². The van der Waals surface area contributed by atoms with E-state index in [-0.39, 0.29) is 36.4 Å². The fourth-order valence-corrected chi connectivity index (χ4v) is 3.91. The zero-order valence-corrected chi connectivity index (χ0v) is 21.9. The van der Waals surface area contributed by atoms with Crippen LogP contribution in [0.5, 0.6) is 0 Å². The molecule has 0 spiro atoms. The van der Waals surface area contributed by atoms with E-state index in [1.807, 2.05) is 36.1 Å². The molecule has 1 aromatic heterocycles. The van der Waals surface area contributed by atoms with Crippen molar-refractivity contribution < 1.29 is 4.79 Å². The Kier molecular flexibility index (Phi) is 10.4. The molecular weight excluding hydrogens is 517 g/mol. The molecule has 1 aliphatic rings. The molecule has 1 amide bonds. The first-order valence-corrected chi connectivity index (χ1v) is 11.0. The van der Waals surface area contributed by atoms with E-state index >= 15 is 0 Å². The van der Waals surface area contributed by atoms with Crippen molar-refractivity contribution in [2.75, 3.05) is 40.3 Å². The first-order valence-electron chi connectivity index (χ1n) is 11.0. The summed E-state index contributed by atoms with van der Waals surface area (Å²) in [5.41, 5.74) is 3.05. The summed E-state index contributed by atoms with van der Waals surface area (Å²) < 4.78 is 1.82. The number of carbonyl (C=O) groups is 1. The molecular formula is C23H36IN7O. The maximum Gasteiger partial charge on any atom is 0.241 e. The van der Waals surface area contributed by atoms with Crippen LogP contribution in [0.15, 0.2) is 41.5 Å². The van der Waals surface area contributed by atoms with E-state index in [4.69, 9.17) is 4.99 Å². The summed E-state index contributed by atoms with van der Waals surface area (Å²) in [7, 11) is 5.44. The average molecular weight is 553 g/mol. The van der Waals surface area contributed by atoms with Gasteiger partial charge in [0.05, 0.1) is 18.8 Å². The van der Waals surface area contributed by atoms with E-state index in [9.17, 15) is 4.79 Å². The number of carbonyl (C=O) groups excluding carboxylic acids is 1. The molecule has 0 radical (unpaired) electrons. The molecule has 1 fully saturated rings. The topological polar surface area (TPSA) is 77.8 Å². The number of hydrogen-bond donors (Lipinski definition) is 2. The Bertz CT molecular complexity index is 882. The highest BCUT2D eigenvalue weighted by molar-refractivity contribution is 14.0. The normalized spacial score (nSPS) is 16.5. The van der Waals surface area contributed by atoms with E-state index in [1.54, 1.807) is 19.0 Å². The third-order valence-electron chi connectivity index (χ3n) is 5.68. The minimum absolute atomic E-state index is 0. The number of aromatic nitrogens is 2. The van der Waals surface area contributed by atoms with Crippen molar-refractivity contribution in [3.8, 4) is 11.3 Å². The van der Waals surface area contributed by atoms with Crippen LogP contribution in [0.4, 0.5) is 0 Å². The molecule has 1 unspecified atom stereocenters. The van der Waals surface area contributed by atoms with Gasteiger partial charge in [-0.25, -0.2) is 4.99 Å². The van der Waals surface area contributed by atoms with Gasteiger partial charge >= 0.3 is 0 Å². The molecule has 0 aliphatic carbocycles. The van der Waals surface area contributed by atoms with Gasteiger partial charge < -0.3 is 15.5 Å². The fraction of sp³-hybridized carbons (Fsp3) is 0.522. The molecule has 2 aromatic rings. The van der Waals surface area contributed by atoms with E-state index in [0.717, 1.165) is 36.5 Å². The number of aryl methyl sites for hydroxylation is 1. The lowest BCUT2D eigenvalue weighted by molar-refractivity contribution is -0.127. The summed E-state index contributed by atoms with van der Waals surface area (Å²) >= 11 is 0. The molecule has 8 nitrogen and oxygen atoms in total. The number of nitrogens with one attached hydrogen (secondary N) is 2. The Labute approximate surface area is 208 Å². The van der Waals surface area contributed by atoms with E-state index < -0.39 is 0 Å². The molecule has 9 heteroatoms. The number of aliphatic imine (C=N–C) groups is 1. The Morgan fingerprint density at radius 3 is 2.69 bits per heavy atom. The van der Waals surface area contributed by atoms with E-state index in [0.29, 0.717) is 18.5 Å². The molecule has 1 atom stereocenters. The number of benzene rings is 1. The third kappa shape index (κ3) is 7.19. The van der Waals surface area contributed by atoms with Gasteiger partial charge in [0.15, 0.2) is 5.96 Å². The Morgan fingerprint density at radius 1 is 1.25 bits per heavy atom. The van der Waals surface area contributed by atoms with Gasteiger partial charge in [-0.1, -0.05) is 37.3 Å². The zero-order valence-electron chi connectivity index (χ0n) is 19.5. The van der Waals surface area contributed by atoms with Crippen LogP contribution in [-0.4, -0.2) is 77.8 Å². The van der Waals surface area contributed by atoms with Crippen molar-refractivity contribution in [3.63, 3.8) is 0 Å². The van der Waals surface area contributed by atoms with Gasteiger partial charge in [0.1, 0.15) is 0 Å². The number of nitrogens with zero attached hydrogens (tertiary/aromatic N) is 5. The van der Waals surface area contributed by atoms with Crippen molar-refractivity contribution in [2.24, 2.45) is 12.0 Å². The Morgan fingerprint density at radius 2 is 2.00 bits per heavy atom. The van der Waals surface area contributed by atoms with E-state index in [2.05, 4.69) is 39.7 Å². The first-order chi connectivity index (χ1) is 15.0. The maximum atomic E-state index is 12.1. The zero-order chi connectivity index (χ0) is 22.2. The van der Waals surface area contributed by atoms with Crippen LogP contribution in [0.3, 0.4) is 0 Å². The second kappa shape index (κ2) is 12.8. The number of guanidine groups is 1. The number of amides is 1. The molecule has 32 heavy (non-hydrogen) atoms.